The van der Waals surface area contributed by atoms with Crippen LogP contribution in [0.3, 0.4) is 0 Å². The molecule has 0 fully saturated rings. The monoisotopic (exact) mass is 1230 g/mol. The minimum absolute atomic E-state index is 0.353. The lowest BCUT2D eigenvalue weighted by molar-refractivity contribution is -0.137. The number of rotatable bonds is 8. The van der Waals surface area contributed by atoms with Gasteiger partial charge in [-0.3, -0.25) is 0 Å². The van der Waals surface area contributed by atoms with E-state index >= 15 is 0 Å². The molecule has 0 aliphatic heterocycles. The zero-order chi connectivity index (χ0) is 63.2. The summed E-state index contributed by atoms with van der Waals surface area (Å²) in [5, 5.41) is 11.5. The van der Waals surface area contributed by atoms with Gasteiger partial charge in [0.1, 0.15) is 0 Å². The average molecular weight is 1230 g/mol. The zero-order valence-electron chi connectivity index (χ0n) is 51.2. The van der Waals surface area contributed by atoms with Crippen molar-refractivity contribution >= 4 is 109 Å². The number of aromatic nitrogens is 6. The molecule has 448 valence electrons. The highest BCUT2D eigenvalue weighted by Gasteiger charge is 2.32. The van der Waals surface area contributed by atoms with Crippen LogP contribution in [-0.2, 0) is 6.18 Å². The van der Waals surface area contributed by atoms with Crippen LogP contribution in [0.2, 0.25) is 0 Å². The number of para-hydroxylation sites is 6. The van der Waals surface area contributed by atoms with Crippen molar-refractivity contribution < 1.29 is 13.2 Å². The number of fused-ring (bicyclic) bond motifs is 15. The molecule has 14 aromatic carbocycles. The maximum absolute atomic E-state index is 14.9. The summed E-state index contributed by atoms with van der Waals surface area (Å²) in [5.41, 5.74) is 18.6. The van der Waals surface area contributed by atoms with Gasteiger partial charge in [-0.05, 0) is 155 Å². The van der Waals surface area contributed by atoms with Crippen LogP contribution in [0.25, 0.3) is 177 Å². The van der Waals surface area contributed by atoms with Crippen LogP contribution in [0.4, 0.5) is 13.2 Å². The third-order valence-corrected chi connectivity index (χ3v) is 19.3. The Morgan fingerprint density at radius 3 is 1.09 bits per heavy atom. The van der Waals surface area contributed by atoms with E-state index < -0.39 is 11.7 Å². The lowest BCUT2D eigenvalue weighted by Gasteiger charge is -2.17. The number of hydrogen-bond donors (Lipinski definition) is 0. The fourth-order valence-electron chi connectivity index (χ4n) is 15.5. The predicted octanol–water partition coefficient (Wildman–Crippen LogP) is 23.2. The molecular formula is C86H53F3N6. The first-order valence-corrected chi connectivity index (χ1v) is 32.0. The van der Waals surface area contributed by atoms with Crippen molar-refractivity contribution in [2.24, 2.45) is 0 Å². The quantitative estimate of drug-likeness (QED) is 0.142. The number of alkyl halides is 3. The second-order valence-corrected chi connectivity index (χ2v) is 24.8. The molecule has 0 radical (unpaired) electrons. The van der Waals surface area contributed by atoms with E-state index in [0.717, 1.165) is 143 Å². The summed E-state index contributed by atoms with van der Waals surface area (Å²) < 4.78 is 54.2. The molecule has 0 spiro atoms. The van der Waals surface area contributed by atoms with Crippen LogP contribution in [0.5, 0.6) is 0 Å². The summed E-state index contributed by atoms with van der Waals surface area (Å²) in [6.45, 7) is 1.70. The topological polar surface area (TPSA) is 45.5 Å². The van der Waals surface area contributed by atoms with E-state index in [1.165, 1.54) is 12.1 Å². The zero-order valence-corrected chi connectivity index (χ0v) is 51.2. The number of hydrogen-bond acceptors (Lipinski definition) is 2. The molecule has 0 aliphatic carbocycles. The van der Waals surface area contributed by atoms with Gasteiger partial charge in [0.2, 0.25) is 0 Å². The van der Waals surface area contributed by atoms with Crippen molar-refractivity contribution in [3.8, 4) is 67.6 Å². The largest absolute Gasteiger partial charge is 0.416 e. The second kappa shape index (κ2) is 20.8. The normalized spacial score (nSPS) is 12.2. The molecule has 0 unspecified atom stereocenters. The third kappa shape index (κ3) is 8.32. The van der Waals surface area contributed by atoms with Crippen molar-refractivity contribution in [2.45, 2.75) is 13.1 Å². The summed E-state index contributed by atoms with van der Waals surface area (Å²) in [7, 11) is 0. The minimum Gasteiger partial charge on any atom is -0.309 e. The lowest BCUT2D eigenvalue weighted by atomic mass is 9.95. The summed E-state index contributed by atoms with van der Waals surface area (Å²) in [6, 6.07) is 105. The average Bonchev–Trinajstić information content (AvgIpc) is 1.60. The van der Waals surface area contributed by atoms with Gasteiger partial charge in [0, 0.05) is 87.7 Å². The lowest BCUT2D eigenvalue weighted by Crippen LogP contribution is -2.06. The van der Waals surface area contributed by atoms with E-state index in [-0.39, 0.29) is 0 Å². The molecule has 19 aromatic rings. The Labute approximate surface area is 542 Å². The van der Waals surface area contributed by atoms with Crippen LogP contribution >= 0.6 is 0 Å². The molecule has 95 heavy (non-hydrogen) atoms. The number of halogens is 3. The number of aryl methyl sites for hydroxylation is 1. The Morgan fingerprint density at radius 2 is 0.663 bits per heavy atom. The molecule has 5 aromatic heterocycles. The van der Waals surface area contributed by atoms with Gasteiger partial charge in [-0.25, -0.2) is 9.97 Å². The van der Waals surface area contributed by atoms with Crippen molar-refractivity contribution in [3.05, 3.63) is 314 Å². The molecule has 0 bridgehead atoms. The first-order chi connectivity index (χ1) is 46.7. The fraction of sp³-hybridized carbons (Fsp3) is 0.0233. The molecule has 0 saturated heterocycles. The maximum atomic E-state index is 14.9. The molecule has 5 heterocycles. The Balaban J connectivity index is 0.909. The third-order valence-electron chi connectivity index (χ3n) is 19.3. The Kier molecular flexibility index (Phi) is 11.9. The Hall–Kier alpha value is -12.3. The van der Waals surface area contributed by atoms with Gasteiger partial charge in [0.15, 0.2) is 5.82 Å². The number of nitrogens with zero attached hydrogens (tertiary/aromatic N) is 6. The first kappa shape index (κ1) is 54.4. The van der Waals surface area contributed by atoms with Crippen molar-refractivity contribution in [1.29, 1.82) is 0 Å². The van der Waals surface area contributed by atoms with E-state index in [0.29, 0.717) is 39.1 Å². The van der Waals surface area contributed by atoms with Gasteiger partial charge in [-0.2, -0.15) is 13.2 Å². The molecule has 9 heteroatoms. The van der Waals surface area contributed by atoms with Gasteiger partial charge in [-0.1, -0.05) is 188 Å². The standard InChI is InChI=1S/C86H53F3N6/c1-52-46-54(48-56(47-52)86(87,88)89)83-70-45-44-53-22-8-9-27-61(53)84(70)91-85(90-83)55-49-59(94-73-38-16-12-30-68(73)81-64(34-20-42-77(81)94)62-32-18-40-75-79(62)66-28-10-14-36-71(66)92(75)57-23-4-2-5-24-57)51-60(50-55)95-74-39-17-13-31-69(74)82-65(35-21-43-78(82)95)63-33-19-41-76-80(63)67-29-11-15-37-72(67)93(76)58-25-6-3-7-26-58/h2-51H,1H3. The molecule has 0 N–H and O–H groups in total. The van der Waals surface area contributed by atoms with E-state index in [2.05, 4.69) is 267 Å². The molecule has 0 saturated carbocycles. The minimum atomic E-state index is -4.59. The first-order valence-electron chi connectivity index (χ1n) is 32.0. The van der Waals surface area contributed by atoms with E-state index in [4.69, 9.17) is 9.97 Å². The molecule has 0 amide bonds. The van der Waals surface area contributed by atoms with Crippen molar-refractivity contribution in [3.63, 3.8) is 0 Å². The van der Waals surface area contributed by atoms with Gasteiger partial charge < -0.3 is 18.3 Å². The van der Waals surface area contributed by atoms with Crippen LogP contribution in [0.15, 0.2) is 303 Å². The Morgan fingerprint density at radius 1 is 0.284 bits per heavy atom. The summed E-state index contributed by atoms with van der Waals surface area (Å²) >= 11 is 0. The molecule has 0 aliphatic rings. The summed E-state index contributed by atoms with van der Waals surface area (Å²) in [4.78, 5) is 11.0. The van der Waals surface area contributed by atoms with Gasteiger partial charge in [0.25, 0.3) is 0 Å². The van der Waals surface area contributed by atoms with Gasteiger partial charge in [-0.15, -0.1) is 0 Å². The fourth-order valence-corrected chi connectivity index (χ4v) is 15.5. The second-order valence-electron chi connectivity index (χ2n) is 24.8. The van der Waals surface area contributed by atoms with E-state index in [1.807, 2.05) is 36.4 Å². The molecular weight excluding hydrogens is 1170 g/mol. The van der Waals surface area contributed by atoms with Crippen LogP contribution in [-0.4, -0.2) is 28.2 Å². The molecule has 0 atom stereocenters. The van der Waals surface area contributed by atoms with Crippen molar-refractivity contribution in [1.82, 2.24) is 28.2 Å². The van der Waals surface area contributed by atoms with Crippen LogP contribution in [0.1, 0.15) is 11.1 Å². The number of benzene rings is 14. The van der Waals surface area contributed by atoms with E-state index in [1.54, 1.807) is 13.0 Å². The SMILES string of the molecule is Cc1cc(-c2nc(-c3cc(-n4c5ccccc5c5c(-c6cccc7c6c6ccccc6n7-c6ccccc6)cccc54)cc(-n4c5ccccc5c5c(-c6cccc7c6c6ccccc6n7-c6ccccc6)cccc54)c3)nc3c2ccc2ccccc23)cc(C(F)(F)F)c1. The highest BCUT2D eigenvalue weighted by Crippen LogP contribution is 2.48. The van der Waals surface area contributed by atoms with Gasteiger partial charge >= 0.3 is 6.18 Å². The van der Waals surface area contributed by atoms with Gasteiger partial charge in [0.05, 0.1) is 60.9 Å². The summed E-state index contributed by atoms with van der Waals surface area (Å²) in [5.74, 6) is 0.368. The maximum Gasteiger partial charge on any atom is 0.416 e. The predicted molar refractivity (Wildman–Crippen MR) is 386 cm³/mol. The molecule has 6 nitrogen and oxygen atoms in total. The highest BCUT2D eigenvalue weighted by molar-refractivity contribution is 6.24. The summed E-state index contributed by atoms with van der Waals surface area (Å²) in [6.07, 6.45) is -4.59. The molecule has 19 rings (SSSR count). The van der Waals surface area contributed by atoms with E-state index in [9.17, 15) is 13.2 Å². The van der Waals surface area contributed by atoms with Crippen molar-refractivity contribution in [2.75, 3.05) is 0 Å². The van der Waals surface area contributed by atoms with Crippen LogP contribution in [0, 0.1) is 6.92 Å². The Bertz CT molecular complexity index is 6110. The highest BCUT2D eigenvalue weighted by atomic mass is 19.4. The van der Waals surface area contributed by atoms with Crippen LogP contribution < -0.4 is 0 Å². The smallest absolute Gasteiger partial charge is 0.309 e.